The number of aryl methyl sites for hydroxylation is 1. The van der Waals surface area contributed by atoms with E-state index in [4.69, 9.17) is 9.15 Å². The van der Waals surface area contributed by atoms with Gasteiger partial charge in [-0.15, -0.1) is 10.2 Å². The van der Waals surface area contributed by atoms with Crippen molar-refractivity contribution in [3.05, 3.63) is 24.4 Å². The third kappa shape index (κ3) is 1.96. The third-order valence-electron chi connectivity index (χ3n) is 2.41. The molecule has 6 nitrogen and oxygen atoms in total. The van der Waals surface area contributed by atoms with Crippen LogP contribution in [-0.4, -0.2) is 40.8 Å². The van der Waals surface area contributed by atoms with Gasteiger partial charge in [0, 0.05) is 13.5 Å². The number of aromatic nitrogens is 2. The summed E-state index contributed by atoms with van der Waals surface area (Å²) in [4.78, 5) is 13.2. The van der Waals surface area contributed by atoms with Gasteiger partial charge in [0.1, 0.15) is 6.04 Å². The van der Waals surface area contributed by atoms with Crippen molar-refractivity contribution < 1.29 is 13.9 Å². The van der Waals surface area contributed by atoms with Crippen LogP contribution in [0.5, 0.6) is 0 Å². The Bertz CT molecular complexity index is 402. The zero-order valence-electron chi connectivity index (χ0n) is 9.05. The fraction of sp³-hybridized carbons (Fsp3) is 0.500. The lowest BCUT2D eigenvalue weighted by Crippen LogP contribution is -2.42. The molecule has 0 saturated carbocycles. The summed E-state index contributed by atoms with van der Waals surface area (Å²) in [5.41, 5.74) is 0. The molecule has 1 amide bonds. The summed E-state index contributed by atoms with van der Waals surface area (Å²) in [6, 6.07) is -0.305. The standard InChI is InChI=1S/C10H13N3O3/c1-3-9(14)13-4-5-15-6-8(13)10-12-11-7(2)16-10/h3,8H,1,4-6H2,2H3. The maximum absolute atomic E-state index is 11.6. The first kappa shape index (κ1) is 10.8. The second-order valence-corrected chi connectivity index (χ2v) is 3.49. The first-order valence-electron chi connectivity index (χ1n) is 5.03. The van der Waals surface area contributed by atoms with E-state index in [0.717, 1.165) is 0 Å². The molecule has 1 aliphatic heterocycles. The zero-order chi connectivity index (χ0) is 11.5. The van der Waals surface area contributed by atoms with Crippen LogP contribution in [0.4, 0.5) is 0 Å². The molecule has 2 heterocycles. The van der Waals surface area contributed by atoms with Crippen LogP contribution in [0.1, 0.15) is 17.8 Å². The van der Waals surface area contributed by atoms with Crippen molar-refractivity contribution >= 4 is 5.91 Å². The first-order chi connectivity index (χ1) is 7.72. The van der Waals surface area contributed by atoms with Gasteiger partial charge < -0.3 is 14.1 Å². The highest BCUT2D eigenvalue weighted by Gasteiger charge is 2.31. The molecular weight excluding hydrogens is 210 g/mol. The van der Waals surface area contributed by atoms with Gasteiger partial charge >= 0.3 is 0 Å². The van der Waals surface area contributed by atoms with E-state index in [1.54, 1.807) is 11.8 Å². The van der Waals surface area contributed by atoms with Crippen LogP contribution in [0.2, 0.25) is 0 Å². The summed E-state index contributed by atoms with van der Waals surface area (Å²) in [6.45, 7) is 6.58. The molecule has 0 aromatic carbocycles. The molecule has 1 atom stereocenters. The number of hydrogen-bond donors (Lipinski definition) is 0. The van der Waals surface area contributed by atoms with Crippen LogP contribution in [0, 0.1) is 6.92 Å². The molecule has 0 bridgehead atoms. The Hall–Kier alpha value is -1.69. The van der Waals surface area contributed by atoms with Crippen LogP contribution in [0.3, 0.4) is 0 Å². The van der Waals surface area contributed by atoms with Gasteiger partial charge in [-0.2, -0.15) is 0 Å². The van der Waals surface area contributed by atoms with Crippen molar-refractivity contribution in [1.29, 1.82) is 0 Å². The van der Waals surface area contributed by atoms with Gasteiger partial charge in [-0.25, -0.2) is 0 Å². The smallest absolute Gasteiger partial charge is 0.246 e. The molecule has 16 heavy (non-hydrogen) atoms. The Balaban J connectivity index is 2.22. The van der Waals surface area contributed by atoms with Crippen LogP contribution in [0.25, 0.3) is 0 Å². The Labute approximate surface area is 92.9 Å². The van der Waals surface area contributed by atoms with Crippen LogP contribution in [0.15, 0.2) is 17.1 Å². The minimum absolute atomic E-state index is 0.149. The molecule has 0 N–H and O–H groups in total. The lowest BCUT2D eigenvalue weighted by atomic mass is 10.2. The lowest BCUT2D eigenvalue weighted by Gasteiger charge is -2.32. The Morgan fingerprint density at radius 1 is 1.62 bits per heavy atom. The monoisotopic (exact) mass is 223 g/mol. The van der Waals surface area contributed by atoms with E-state index < -0.39 is 0 Å². The Morgan fingerprint density at radius 2 is 2.44 bits per heavy atom. The normalized spacial score (nSPS) is 20.8. The molecular formula is C10H13N3O3. The molecule has 1 saturated heterocycles. The van der Waals surface area contributed by atoms with E-state index in [9.17, 15) is 4.79 Å². The van der Waals surface area contributed by atoms with E-state index in [0.29, 0.717) is 31.5 Å². The second kappa shape index (κ2) is 4.44. The van der Waals surface area contributed by atoms with Crippen molar-refractivity contribution in [2.45, 2.75) is 13.0 Å². The quantitative estimate of drug-likeness (QED) is 0.681. The predicted octanol–water partition coefficient (Wildman–Crippen LogP) is 0.464. The summed E-state index contributed by atoms with van der Waals surface area (Å²) in [6.07, 6.45) is 1.28. The van der Waals surface area contributed by atoms with Crippen molar-refractivity contribution in [3.8, 4) is 0 Å². The highest BCUT2D eigenvalue weighted by Crippen LogP contribution is 2.23. The van der Waals surface area contributed by atoms with Crippen molar-refractivity contribution in [3.63, 3.8) is 0 Å². The third-order valence-corrected chi connectivity index (χ3v) is 2.41. The fourth-order valence-electron chi connectivity index (χ4n) is 1.64. The van der Waals surface area contributed by atoms with Gasteiger partial charge in [0.2, 0.25) is 17.7 Å². The predicted molar refractivity (Wildman–Crippen MR) is 54.5 cm³/mol. The average Bonchev–Trinajstić information content (AvgIpc) is 2.75. The van der Waals surface area contributed by atoms with Gasteiger partial charge in [0.25, 0.3) is 0 Å². The van der Waals surface area contributed by atoms with E-state index in [2.05, 4.69) is 16.8 Å². The Kier molecular flexibility index (Phi) is 3.00. The molecule has 0 aliphatic carbocycles. The van der Waals surface area contributed by atoms with Gasteiger partial charge in [-0.05, 0) is 6.08 Å². The minimum Gasteiger partial charge on any atom is -0.423 e. The summed E-state index contributed by atoms with van der Waals surface area (Å²) in [5.74, 6) is 0.739. The van der Waals surface area contributed by atoms with Crippen LogP contribution in [-0.2, 0) is 9.53 Å². The molecule has 2 rings (SSSR count). The summed E-state index contributed by atoms with van der Waals surface area (Å²) in [5, 5.41) is 7.66. The number of morpholine rings is 1. The van der Waals surface area contributed by atoms with Crippen LogP contribution >= 0.6 is 0 Å². The van der Waals surface area contributed by atoms with Crippen molar-refractivity contribution in [2.75, 3.05) is 19.8 Å². The Morgan fingerprint density at radius 3 is 3.06 bits per heavy atom. The highest BCUT2D eigenvalue weighted by molar-refractivity contribution is 5.87. The largest absolute Gasteiger partial charge is 0.423 e. The summed E-state index contributed by atoms with van der Waals surface area (Å²) >= 11 is 0. The zero-order valence-corrected chi connectivity index (χ0v) is 9.05. The van der Waals surface area contributed by atoms with Crippen molar-refractivity contribution in [2.24, 2.45) is 0 Å². The average molecular weight is 223 g/mol. The molecule has 1 aromatic rings. The molecule has 0 spiro atoms. The van der Waals surface area contributed by atoms with Gasteiger partial charge in [-0.3, -0.25) is 4.79 Å². The van der Waals surface area contributed by atoms with Crippen molar-refractivity contribution in [1.82, 2.24) is 15.1 Å². The molecule has 86 valence electrons. The lowest BCUT2D eigenvalue weighted by molar-refractivity contribution is -0.135. The number of carbonyl (C=O) groups excluding carboxylic acids is 1. The molecule has 1 aliphatic rings. The SMILES string of the molecule is C=CC(=O)N1CCOCC1c1nnc(C)o1. The van der Waals surface area contributed by atoms with E-state index >= 15 is 0 Å². The summed E-state index contributed by atoms with van der Waals surface area (Å²) < 4.78 is 10.6. The second-order valence-electron chi connectivity index (χ2n) is 3.49. The van der Waals surface area contributed by atoms with Crippen LogP contribution < -0.4 is 0 Å². The van der Waals surface area contributed by atoms with E-state index in [-0.39, 0.29) is 11.9 Å². The maximum Gasteiger partial charge on any atom is 0.246 e. The number of hydrogen-bond acceptors (Lipinski definition) is 5. The highest BCUT2D eigenvalue weighted by atomic mass is 16.5. The number of rotatable bonds is 2. The number of carbonyl (C=O) groups is 1. The molecule has 6 heteroatoms. The fourth-order valence-corrected chi connectivity index (χ4v) is 1.64. The number of ether oxygens (including phenoxy) is 1. The summed E-state index contributed by atoms with van der Waals surface area (Å²) in [7, 11) is 0. The molecule has 1 aromatic heterocycles. The maximum atomic E-state index is 11.6. The van der Waals surface area contributed by atoms with E-state index in [1.807, 2.05) is 0 Å². The topological polar surface area (TPSA) is 68.5 Å². The first-order valence-corrected chi connectivity index (χ1v) is 5.03. The molecule has 1 fully saturated rings. The minimum atomic E-state index is -0.305. The van der Waals surface area contributed by atoms with Gasteiger partial charge in [0.15, 0.2) is 0 Å². The van der Waals surface area contributed by atoms with Gasteiger partial charge in [0.05, 0.1) is 13.2 Å². The molecule has 0 radical (unpaired) electrons. The van der Waals surface area contributed by atoms with E-state index in [1.165, 1.54) is 6.08 Å². The number of amides is 1. The van der Waals surface area contributed by atoms with Gasteiger partial charge in [-0.1, -0.05) is 6.58 Å². The number of nitrogens with zero attached hydrogens (tertiary/aromatic N) is 3. The molecule has 1 unspecified atom stereocenters.